The number of aliphatic hydroxyl groups excluding tert-OH is 1. The van der Waals surface area contributed by atoms with E-state index >= 15 is 0 Å². The number of carbonyl (C=O) groups excluding carboxylic acids is 1. The van der Waals surface area contributed by atoms with Crippen LogP contribution in [0.5, 0.6) is 5.75 Å². The topological polar surface area (TPSA) is 95.2 Å². The molecule has 1 aliphatic rings. The molecule has 1 aliphatic heterocycles. The Labute approximate surface area is 174 Å². The van der Waals surface area contributed by atoms with Crippen LogP contribution in [0.3, 0.4) is 0 Å². The van der Waals surface area contributed by atoms with Gasteiger partial charge in [0, 0.05) is 32.9 Å². The average molecular weight is 418 g/mol. The van der Waals surface area contributed by atoms with Gasteiger partial charge in [-0.1, -0.05) is 0 Å². The number of rotatable bonds is 7. The van der Waals surface area contributed by atoms with Gasteiger partial charge in [-0.2, -0.15) is 5.10 Å². The summed E-state index contributed by atoms with van der Waals surface area (Å²) >= 11 is 0. The Kier molecular flexibility index (Phi) is 7.23. The Balaban J connectivity index is 1.54. The van der Waals surface area contributed by atoms with Gasteiger partial charge >= 0.3 is 0 Å². The van der Waals surface area contributed by atoms with Crippen molar-refractivity contribution >= 4 is 17.6 Å². The molecule has 0 bridgehead atoms. The zero-order valence-corrected chi connectivity index (χ0v) is 17.2. The molecule has 30 heavy (non-hydrogen) atoms. The van der Waals surface area contributed by atoms with Crippen molar-refractivity contribution in [1.29, 1.82) is 0 Å². The van der Waals surface area contributed by atoms with E-state index in [1.807, 2.05) is 25.1 Å². The summed E-state index contributed by atoms with van der Waals surface area (Å²) in [5.74, 6) is 0.655. The van der Waals surface area contributed by atoms with E-state index in [1.54, 1.807) is 15.8 Å². The van der Waals surface area contributed by atoms with Crippen molar-refractivity contribution in [3.8, 4) is 5.75 Å². The van der Waals surface area contributed by atoms with Crippen LogP contribution in [-0.4, -0.2) is 77.1 Å². The van der Waals surface area contributed by atoms with Gasteiger partial charge in [0.05, 0.1) is 18.4 Å². The Morgan fingerprint density at radius 3 is 2.77 bits per heavy atom. The molecule has 3 rings (SSSR count). The monoisotopic (exact) mass is 418 g/mol. The van der Waals surface area contributed by atoms with Crippen LogP contribution in [0.1, 0.15) is 6.92 Å². The molecule has 2 heterocycles. The van der Waals surface area contributed by atoms with Crippen molar-refractivity contribution in [3.63, 3.8) is 0 Å². The maximum absolute atomic E-state index is 12.9. The maximum Gasteiger partial charge on any atom is 0.246 e. The fraction of sp³-hybridized carbons (Fsp3) is 0.450. The number of benzene rings is 1. The largest absolute Gasteiger partial charge is 0.491 e. The average Bonchev–Trinajstić information content (AvgIpc) is 3.16. The number of halogens is 1. The smallest absolute Gasteiger partial charge is 0.246 e. The number of amides is 1. The summed E-state index contributed by atoms with van der Waals surface area (Å²) < 4.78 is 20.0. The summed E-state index contributed by atoms with van der Waals surface area (Å²) in [5, 5.41) is 17.5. The van der Waals surface area contributed by atoms with Crippen LogP contribution < -0.4 is 15.0 Å². The fourth-order valence-electron chi connectivity index (χ4n) is 3.07. The molecule has 162 valence electrons. The third kappa shape index (κ3) is 5.69. The van der Waals surface area contributed by atoms with E-state index in [0.717, 1.165) is 5.69 Å². The van der Waals surface area contributed by atoms with Crippen LogP contribution in [0.15, 0.2) is 41.7 Å². The molecule has 1 atom stereocenters. The van der Waals surface area contributed by atoms with Gasteiger partial charge in [-0.05, 0) is 31.2 Å². The third-order valence-corrected chi connectivity index (χ3v) is 4.57. The van der Waals surface area contributed by atoms with Crippen LogP contribution >= 0.6 is 0 Å². The number of carbonyl (C=O) groups is 1. The molecule has 1 amide bonds. The van der Waals surface area contributed by atoms with Gasteiger partial charge in [0.25, 0.3) is 0 Å². The van der Waals surface area contributed by atoms with Crippen LogP contribution in [0.4, 0.5) is 10.1 Å². The van der Waals surface area contributed by atoms with Crippen LogP contribution in [0.25, 0.3) is 0 Å². The molecule has 9 nitrogen and oxygen atoms in total. The van der Waals surface area contributed by atoms with Crippen LogP contribution in [0, 0.1) is 5.82 Å². The molecule has 0 radical (unpaired) electrons. The van der Waals surface area contributed by atoms with Gasteiger partial charge in [-0.25, -0.2) is 4.39 Å². The minimum Gasteiger partial charge on any atom is -0.491 e. The lowest BCUT2D eigenvalue weighted by Crippen LogP contribution is -2.55. The van der Waals surface area contributed by atoms with Gasteiger partial charge in [-0.3, -0.25) is 14.5 Å². The molecule has 1 aromatic heterocycles. The van der Waals surface area contributed by atoms with E-state index in [4.69, 9.17) is 4.74 Å². The first-order valence-electron chi connectivity index (χ1n) is 9.85. The normalized spacial score (nSPS) is 16.0. The van der Waals surface area contributed by atoms with E-state index in [2.05, 4.69) is 15.4 Å². The number of aryl methyl sites for hydroxylation is 1. The highest BCUT2D eigenvalue weighted by Gasteiger charge is 2.27. The zero-order valence-electron chi connectivity index (χ0n) is 17.2. The van der Waals surface area contributed by atoms with Gasteiger partial charge in [-0.15, -0.1) is 0 Å². The summed E-state index contributed by atoms with van der Waals surface area (Å²) in [5.41, 5.74) is 0.775. The quantitative estimate of drug-likeness (QED) is 0.506. The van der Waals surface area contributed by atoms with Crippen molar-refractivity contribution in [2.45, 2.75) is 13.0 Å². The lowest BCUT2D eigenvalue weighted by molar-refractivity contribution is -0.120. The predicted octanol–water partition coefficient (Wildman–Crippen LogP) is 0.613. The summed E-state index contributed by atoms with van der Waals surface area (Å²) in [7, 11) is 1.81. The number of aliphatic imine (C=N–C) groups is 1. The number of aromatic nitrogens is 2. The molecule has 0 spiro atoms. The van der Waals surface area contributed by atoms with E-state index < -0.39 is 6.10 Å². The SMILES string of the molecule is CCNC(=NCC(O)COc1ccc(F)cc1)N1CCN(c2cnn(C)c2)C(=O)C1. The molecule has 0 saturated carbocycles. The summed E-state index contributed by atoms with van der Waals surface area (Å²) in [4.78, 5) is 20.6. The summed E-state index contributed by atoms with van der Waals surface area (Å²) in [6, 6.07) is 5.60. The highest BCUT2D eigenvalue weighted by molar-refractivity contribution is 5.98. The Morgan fingerprint density at radius 1 is 1.37 bits per heavy atom. The van der Waals surface area contributed by atoms with Gasteiger partial charge in [0.1, 0.15) is 30.8 Å². The maximum atomic E-state index is 12.9. The van der Waals surface area contributed by atoms with Crippen molar-refractivity contribution in [2.75, 3.05) is 44.2 Å². The zero-order chi connectivity index (χ0) is 21.5. The molecule has 0 aliphatic carbocycles. The number of hydrogen-bond acceptors (Lipinski definition) is 5. The number of guanidine groups is 1. The van der Waals surface area contributed by atoms with E-state index in [1.165, 1.54) is 24.3 Å². The molecule has 1 fully saturated rings. The number of nitrogens with zero attached hydrogens (tertiary/aromatic N) is 5. The molecular formula is C20H27FN6O3. The number of anilines is 1. The number of hydrogen-bond donors (Lipinski definition) is 2. The van der Waals surface area contributed by atoms with E-state index in [0.29, 0.717) is 31.3 Å². The van der Waals surface area contributed by atoms with Crippen molar-refractivity contribution in [2.24, 2.45) is 12.0 Å². The second-order valence-electron chi connectivity index (χ2n) is 6.95. The standard InChI is InChI=1S/C20H27FN6O3/c1-3-22-20(23-11-17(28)14-30-18-6-4-15(21)5-7-18)26-8-9-27(19(29)13-26)16-10-24-25(2)12-16/h4-7,10,12,17,28H,3,8-9,11,13-14H2,1-2H3,(H,22,23). The first-order chi connectivity index (χ1) is 14.5. The second kappa shape index (κ2) is 10.1. The molecule has 2 N–H and O–H groups in total. The fourth-order valence-corrected chi connectivity index (χ4v) is 3.07. The van der Waals surface area contributed by atoms with Crippen molar-refractivity contribution in [1.82, 2.24) is 20.0 Å². The van der Waals surface area contributed by atoms with Gasteiger partial charge in [0.2, 0.25) is 5.91 Å². The van der Waals surface area contributed by atoms with Crippen molar-refractivity contribution < 1.29 is 19.0 Å². The first kappa shape index (κ1) is 21.6. The number of ether oxygens (including phenoxy) is 1. The minimum atomic E-state index is -0.837. The number of aliphatic hydroxyl groups is 1. The van der Waals surface area contributed by atoms with Gasteiger partial charge in [0.15, 0.2) is 5.96 Å². The predicted molar refractivity (Wildman–Crippen MR) is 111 cm³/mol. The molecule has 10 heteroatoms. The van der Waals surface area contributed by atoms with Crippen LogP contribution in [0.2, 0.25) is 0 Å². The lowest BCUT2D eigenvalue weighted by atomic mass is 10.3. The van der Waals surface area contributed by atoms with Crippen LogP contribution in [-0.2, 0) is 11.8 Å². The Bertz CT molecular complexity index is 870. The lowest BCUT2D eigenvalue weighted by Gasteiger charge is -2.35. The minimum absolute atomic E-state index is 0.0300. The second-order valence-corrected chi connectivity index (χ2v) is 6.95. The first-order valence-corrected chi connectivity index (χ1v) is 9.85. The number of piperazine rings is 1. The molecule has 1 aromatic carbocycles. The number of nitrogens with one attached hydrogen (secondary N) is 1. The Hall–Kier alpha value is -3.14. The summed E-state index contributed by atoms with van der Waals surface area (Å²) in [6.45, 7) is 4.03. The highest BCUT2D eigenvalue weighted by Crippen LogP contribution is 2.16. The molecule has 2 aromatic rings. The molecule has 1 saturated heterocycles. The summed E-state index contributed by atoms with van der Waals surface area (Å²) in [6.07, 6.45) is 2.64. The van der Waals surface area contributed by atoms with E-state index in [-0.39, 0.29) is 31.4 Å². The highest BCUT2D eigenvalue weighted by atomic mass is 19.1. The molecular weight excluding hydrogens is 391 g/mol. The third-order valence-electron chi connectivity index (χ3n) is 4.57. The van der Waals surface area contributed by atoms with Gasteiger partial charge < -0.3 is 25.0 Å². The molecule has 1 unspecified atom stereocenters. The van der Waals surface area contributed by atoms with Crippen molar-refractivity contribution in [3.05, 3.63) is 42.5 Å². The van der Waals surface area contributed by atoms with E-state index in [9.17, 15) is 14.3 Å². The Morgan fingerprint density at radius 2 is 2.13 bits per heavy atom.